The van der Waals surface area contributed by atoms with E-state index >= 15 is 0 Å². The molecule has 0 saturated heterocycles. The molecule has 2 N–H and O–H groups in total. The summed E-state index contributed by atoms with van der Waals surface area (Å²) >= 11 is 5.63. The molecule has 0 fully saturated rings. The number of benzene rings is 1. The summed E-state index contributed by atoms with van der Waals surface area (Å²) in [5, 5.41) is 0. The van der Waals surface area contributed by atoms with Gasteiger partial charge in [0, 0.05) is 6.42 Å². The molecule has 0 aliphatic heterocycles. The van der Waals surface area contributed by atoms with Gasteiger partial charge in [-0.15, -0.1) is 11.6 Å². The van der Waals surface area contributed by atoms with E-state index in [2.05, 4.69) is 0 Å². The van der Waals surface area contributed by atoms with Crippen molar-refractivity contribution in [1.82, 2.24) is 0 Å². The van der Waals surface area contributed by atoms with E-state index in [1.807, 2.05) is 30.3 Å². The van der Waals surface area contributed by atoms with Crippen molar-refractivity contribution in [2.24, 2.45) is 5.73 Å². The number of primary amides is 1. The van der Waals surface area contributed by atoms with E-state index in [4.69, 9.17) is 26.8 Å². The first kappa shape index (κ1) is 15.3. The fourth-order valence-electron chi connectivity index (χ4n) is 1.36. The van der Waals surface area contributed by atoms with Gasteiger partial charge in [-0.25, -0.2) is 4.79 Å². The molecule has 1 aromatic carbocycles. The van der Waals surface area contributed by atoms with Gasteiger partial charge in [0.05, 0.1) is 5.88 Å². The molecule has 1 aromatic rings. The number of alkyl halides is 1. The summed E-state index contributed by atoms with van der Waals surface area (Å²) < 4.78 is 9.90. The summed E-state index contributed by atoms with van der Waals surface area (Å²) in [6, 6.07) is 9.23. The topological polar surface area (TPSA) is 78.6 Å². The first-order chi connectivity index (χ1) is 9.11. The summed E-state index contributed by atoms with van der Waals surface area (Å²) in [6.45, 7) is 0.129. The summed E-state index contributed by atoms with van der Waals surface area (Å²) in [5.74, 6) is -0.371. The lowest BCUT2D eigenvalue weighted by Gasteiger charge is -2.14. The number of amides is 1. The summed E-state index contributed by atoms with van der Waals surface area (Å²) in [4.78, 5) is 22.0. The van der Waals surface area contributed by atoms with Crippen LogP contribution in [0.1, 0.15) is 18.4 Å². The molecule has 5 nitrogen and oxygen atoms in total. The van der Waals surface area contributed by atoms with Gasteiger partial charge in [0.2, 0.25) is 5.91 Å². The summed E-state index contributed by atoms with van der Waals surface area (Å²) in [5.41, 5.74) is 5.87. The first-order valence-electron chi connectivity index (χ1n) is 5.83. The normalized spacial score (nSPS) is 11.6. The van der Waals surface area contributed by atoms with Crippen molar-refractivity contribution in [2.45, 2.75) is 25.6 Å². The third-order valence-corrected chi connectivity index (χ3v) is 2.69. The van der Waals surface area contributed by atoms with Gasteiger partial charge in [0.1, 0.15) is 12.7 Å². The lowest BCUT2D eigenvalue weighted by molar-refractivity contribution is -0.118. The zero-order valence-electron chi connectivity index (χ0n) is 10.4. The molecule has 0 aromatic heterocycles. The lowest BCUT2D eigenvalue weighted by atomic mass is 10.2. The maximum atomic E-state index is 11.4. The van der Waals surface area contributed by atoms with Gasteiger partial charge in [0.15, 0.2) is 0 Å². The Bertz CT molecular complexity index is 410. The van der Waals surface area contributed by atoms with E-state index in [-0.39, 0.29) is 18.9 Å². The Morgan fingerprint density at radius 3 is 2.53 bits per heavy atom. The Kier molecular flexibility index (Phi) is 6.74. The molecule has 0 radical (unpaired) electrons. The highest BCUT2D eigenvalue weighted by Crippen LogP contribution is 2.08. The van der Waals surface area contributed by atoms with Crippen molar-refractivity contribution < 1.29 is 19.1 Å². The average molecular weight is 286 g/mol. The number of ether oxygens (including phenoxy) is 2. The van der Waals surface area contributed by atoms with Crippen molar-refractivity contribution in [3.63, 3.8) is 0 Å². The zero-order chi connectivity index (χ0) is 14.1. The molecule has 6 heteroatoms. The molecule has 1 rings (SSSR count). The smallest absolute Gasteiger partial charge is 0.430 e. The van der Waals surface area contributed by atoms with Crippen LogP contribution in [0.5, 0.6) is 0 Å². The van der Waals surface area contributed by atoms with Gasteiger partial charge in [-0.05, 0) is 12.0 Å². The molecule has 1 atom stereocenters. The first-order valence-corrected chi connectivity index (χ1v) is 6.37. The molecule has 0 spiro atoms. The highest BCUT2D eigenvalue weighted by Gasteiger charge is 2.15. The van der Waals surface area contributed by atoms with E-state index in [1.165, 1.54) is 0 Å². The predicted molar refractivity (Wildman–Crippen MR) is 70.6 cm³/mol. The molecular formula is C13H16ClNO4. The van der Waals surface area contributed by atoms with Crippen LogP contribution in [0.15, 0.2) is 30.3 Å². The van der Waals surface area contributed by atoms with Crippen molar-refractivity contribution >= 4 is 23.7 Å². The molecule has 19 heavy (non-hydrogen) atoms. The van der Waals surface area contributed by atoms with Crippen LogP contribution < -0.4 is 5.73 Å². The number of nitrogens with two attached hydrogens (primary N) is 1. The van der Waals surface area contributed by atoms with E-state index in [9.17, 15) is 9.59 Å². The lowest BCUT2D eigenvalue weighted by Crippen LogP contribution is -2.23. The van der Waals surface area contributed by atoms with Crippen molar-refractivity contribution in [2.75, 3.05) is 5.88 Å². The average Bonchev–Trinajstić information content (AvgIpc) is 2.42. The summed E-state index contributed by atoms with van der Waals surface area (Å²) in [6.07, 6.45) is -0.973. The third kappa shape index (κ3) is 6.67. The van der Waals surface area contributed by atoms with Crippen molar-refractivity contribution in [1.29, 1.82) is 0 Å². The van der Waals surface area contributed by atoms with E-state index in [0.717, 1.165) is 5.56 Å². The minimum atomic E-state index is -0.807. The zero-order valence-corrected chi connectivity index (χ0v) is 11.1. The number of carbonyl (C=O) groups is 2. The highest BCUT2D eigenvalue weighted by molar-refractivity contribution is 6.18. The number of rotatable bonds is 7. The fraction of sp³-hybridized carbons (Fsp3) is 0.385. The molecule has 0 aliphatic carbocycles. The molecule has 0 heterocycles. The Balaban J connectivity index is 2.30. The van der Waals surface area contributed by atoms with Crippen LogP contribution in [0.4, 0.5) is 4.79 Å². The van der Waals surface area contributed by atoms with Crippen LogP contribution in [-0.4, -0.2) is 24.0 Å². The largest absolute Gasteiger partial charge is 0.508 e. The van der Waals surface area contributed by atoms with E-state index in [1.54, 1.807) is 0 Å². The maximum absolute atomic E-state index is 11.4. The van der Waals surface area contributed by atoms with E-state index in [0.29, 0.717) is 6.42 Å². The second-order valence-corrected chi connectivity index (χ2v) is 4.23. The van der Waals surface area contributed by atoms with Gasteiger partial charge < -0.3 is 15.2 Å². The standard InChI is InChI=1S/C13H16ClNO4/c14-8-11(6-7-12(15)16)19-13(17)18-9-10-4-2-1-3-5-10/h1-5,11H,6-9H2,(H2,15,16). The Morgan fingerprint density at radius 1 is 1.26 bits per heavy atom. The molecular weight excluding hydrogens is 270 g/mol. The SMILES string of the molecule is NC(=O)CCC(CCl)OC(=O)OCc1ccccc1. The number of carbonyl (C=O) groups excluding carboxylic acids is 2. The molecule has 0 aliphatic rings. The number of hydrogen-bond donors (Lipinski definition) is 1. The maximum Gasteiger partial charge on any atom is 0.508 e. The van der Waals surface area contributed by atoms with Crippen LogP contribution in [0.2, 0.25) is 0 Å². The fourth-order valence-corrected chi connectivity index (χ4v) is 1.57. The molecule has 1 unspecified atom stereocenters. The number of hydrogen-bond acceptors (Lipinski definition) is 4. The predicted octanol–water partition coefficient (Wildman–Crippen LogP) is 2.21. The highest BCUT2D eigenvalue weighted by atomic mass is 35.5. The molecule has 0 bridgehead atoms. The van der Waals surface area contributed by atoms with Gasteiger partial charge in [0.25, 0.3) is 0 Å². The van der Waals surface area contributed by atoms with Gasteiger partial charge in [-0.1, -0.05) is 30.3 Å². The van der Waals surface area contributed by atoms with Crippen LogP contribution >= 0.6 is 11.6 Å². The Morgan fingerprint density at radius 2 is 1.95 bits per heavy atom. The molecule has 104 valence electrons. The van der Waals surface area contributed by atoms with Gasteiger partial charge in [-0.3, -0.25) is 4.79 Å². The quantitative estimate of drug-likeness (QED) is 0.615. The third-order valence-electron chi connectivity index (χ3n) is 2.35. The monoisotopic (exact) mass is 285 g/mol. The number of halogens is 1. The van der Waals surface area contributed by atoms with Crippen LogP contribution in [0.25, 0.3) is 0 Å². The minimum Gasteiger partial charge on any atom is -0.430 e. The van der Waals surface area contributed by atoms with Crippen LogP contribution in [0, 0.1) is 0 Å². The van der Waals surface area contributed by atoms with Crippen LogP contribution in [0.3, 0.4) is 0 Å². The second kappa shape index (κ2) is 8.37. The minimum absolute atomic E-state index is 0.0910. The van der Waals surface area contributed by atoms with Crippen LogP contribution in [-0.2, 0) is 20.9 Å². The molecule has 0 saturated carbocycles. The summed E-state index contributed by atoms with van der Waals surface area (Å²) in [7, 11) is 0. The Labute approximate surface area is 116 Å². The Hall–Kier alpha value is -1.75. The van der Waals surface area contributed by atoms with E-state index < -0.39 is 18.2 Å². The second-order valence-electron chi connectivity index (χ2n) is 3.92. The van der Waals surface area contributed by atoms with Crippen molar-refractivity contribution in [3.8, 4) is 0 Å². The van der Waals surface area contributed by atoms with Gasteiger partial charge >= 0.3 is 6.16 Å². The molecule has 1 amide bonds. The van der Waals surface area contributed by atoms with Crippen molar-refractivity contribution in [3.05, 3.63) is 35.9 Å². The van der Waals surface area contributed by atoms with Gasteiger partial charge in [-0.2, -0.15) is 0 Å².